The Morgan fingerprint density at radius 1 is 1.13 bits per heavy atom. The van der Waals surface area contributed by atoms with Crippen molar-refractivity contribution in [1.82, 2.24) is 24.5 Å². The number of imidazole rings is 1. The minimum absolute atomic E-state index is 0.0217. The maximum Gasteiger partial charge on any atom is 0.335 e. The number of alkyl halides is 1. The Morgan fingerprint density at radius 3 is 2.69 bits per heavy atom. The minimum Gasteiger partial charge on any atom is -0.478 e. The summed E-state index contributed by atoms with van der Waals surface area (Å²) in [6, 6.07) is 9.57. The number of hydrogen-bond donors (Lipinski definition) is 1. The largest absolute Gasteiger partial charge is 0.478 e. The molecule has 5 aromatic rings. The number of halogens is 3. The van der Waals surface area contributed by atoms with Crippen LogP contribution in [0.4, 0.5) is 13.2 Å². The first-order chi connectivity index (χ1) is 21.6. The third-order valence-electron chi connectivity index (χ3n) is 7.35. The fourth-order valence-corrected chi connectivity index (χ4v) is 5.20. The summed E-state index contributed by atoms with van der Waals surface area (Å²) in [5.74, 6) is -2.02. The van der Waals surface area contributed by atoms with Crippen molar-refractivity contribution in [2.75, 3.05) is 0 Å². The van der Waals surface area contributed by atoms with Crippen molar-refractivity contribution in [3.63, 3.8) is 0 Å². The van der Waals surface area contributed by atoms with E-state index in [0.717, 1.165) is 12.1 Å². The van der Waals surface area contributed by atoms with Crippen molar-refractivity contribution in [3.8, 4) is 12.1 Å². The Hall–Kier alpha value is -5.77. The van der Waals surface area contributed by atoms with Crippen LogP contribution < -0.4 is 4.74 Å². The standard InChI is InChI=1S/C32H23F3N6O4/c1-32(35)14-18(3-5-22(32)25-6-7-38-31(39-25)45-17-20-4-2-19(15-36)10-23(20)33)11-27-40-29-24(34)12-21(30(42)43)13-26(29)41(27)16-28-37-8-9-44-28/h2-10,12-13H,11,14,16-17H2,1H3,(H,42,43). The van der Waals surface area contributed by atoms with Gasteiger partial charge in [0.05, 0.1) is 34.6 Å². The molecule has 1 aliphatic rings. The van der Waals surface area contributed by atoms with Crippen molar-refractivity contribution in [2.24, 2.45) is 0 Å². The molecule has 0 aliphatic heterocycles. The van der Waals surface area contributed by atoms with Crippen LogP contribution in [0.5, 0.6) is 6.01 Å². The van der Waals surface area contributed by atoms with E-state index in [4.69, 9.17) is 14.4 Å². The van der Waals surface area contributed by atoms with Crippen LogP contribution in [0.25, 0.3) is 16.6 Å². The van der Waals surface area contributed by atoms with Gasteiger partial charge in [0.15, 0.2) is 5.82 Å². The monoisotopic (exact) mass is 612 g/mol. The zero-order chi connectivity index (χ0) is 31.7. The average molecular weight is 613 g/mol. The van der Waals surface area contributed by atoms with Gasteiger partial charge in [-0.2, -0.15) is 10.2 Å². The van der Waals surface area contributed by atoms with Gasteiger partial charge in [-0.15, -0.1) is 0 Å². The fraction of sp³-hybridized carbons (Fsp3) is 0.188. The maximum atomic E-state index is 16.2. The molecule has 226 valence electrons. The number of oxazole rings is 1. The van der Waals surface area contributed by atoms with Crippen LogP contribution in [-0.2, 0) is 19.6 Å². The Bertz CT molecular complexity index is 2040. The van der Waals surface area contributed by atoms with E-state index in [2.05, 4.69) is 19.9 Å². The second kappa shape index (κ2) is 11.7. The van der Waals surface area contributed by atoms with Gasteiger partial charge in [0, 0.05) is 30.2 Å². The molecule has 2 aromatic carbocycles. The van der Waals surface area contributed by atoms with Crippen LogP contribution >= 0.6 is 0 Å². The van der Waals surface area contributed by atoms with Crippen molar-refractivity contribution in [3.05, 3.63) is 119 Å². The number of aromatic carboxylic acids is 1. The summed E-state index contributed by atoms with van der Waals surface area (Å²) >= 11 is 0. The van der Waals surface area contributed by atoms with E-state index in [-0.39, 0.29) is 71.0 Å². The Morgan fingerprint density at radius 2 is 1.98 bits per heavy atom. The molecule has 3 aromatic heterocycles. The van der Waals surface area contributed by atoms with Gasteiger partial charge in [-0.1, -0.05) is 23.8 Å². The molecule has 45 heavy (non-hydrogen) atoms. The number of ether oxygens (including phenoxy) is 1. The lowest BCUT2D eigenvalue weighted by atomic mass is 9.83. The highest BCUT2D eigenvalue weighted by Crippen LogP contribution is 2.40. The second-order valence-electron chi connectivity index (χ2n) is 10.6. The lowest BCUT2D eigenvalue weighted by molar-refractivity contribution is 0.0696. The number of carbonyl (C=O) groups is 1. The summed E-state index contributed by atoms with van der Waals surface area (Å²) in [5.41, 5.74) is -0.318. The van der Waals surface area contributed by atoms with E-state index in [9.17, 15) is 18.7 Å². The molecule has 1 atom stereocenters. The zero-order valence-electron chi connectivity index (χ0n) is 23.7. The number of carboxylic acid groups (broad SMARTS) is 1. The lowest BCUT2D eigenvalue weighted by Crippen LogP contribution is -2.25. The van der Waals surface area contributed by atoms with E-state index in [1.165, 1.54) is 49.8 Å². The van der Waals surface area contributed by atoms with Gasteiger partial charge < -0.3 is 18.8 Å². The van der Waals surface area contributed by atoms with Crippen LogP contribution in [0.15, 0.2) is 77.2 Å². The van der Waals surface area contributed by atoms with E-state index in [0.29, 0.717) is 17.3 Å². The molecule has 0 spiro atoms. The molecule has 3 heterocycles. The highest BCUT2D eigenvalue weighted by atomic mass is 19.1. The number of carboxylic acids is 1. The molecule has 1 unspecified atom stereocenters. The van der Waals surface area contributed by atoms with Crippen LogP contribution in [-0.4, -0.2) is 41.2 Å². The summed E-state index contributed by atoms with van der Waals surface area (Å²) in [5, 5.41) is 18.4. The molecule has 10 nitrogen and oxygen atoms in total. The summed E-state index contributed by atoms with van der Waals surface area (Å²) in [4.78, 5) is 28.5. The van der Waals surface area contributed by atoms with Crippen molar-refractivity contribution in [1.29, 1.82) is 5.26 Å². The smallest absolute Gasteiger partial charge is 0.335 e. The fourth-order valence-electron chi connectivity index (χ4n) is 5.20. The number of benzene rings is 2. The zero-order valence-corrected chi connectivity index (χ0v) is 23.7. The number of rotatable bonds is 9. The summed E-state index contributed by atoms with van der Waals surface area (Å²) in [6.45, 7) is 1.27. The van der Waals surface area contributed by atoms with Gasteiger partial charge >= 0.3 is 12.0 Å². The molecule has 0 bridgehead atoms. The van der Waals surface area contributed by atoms with Crippen LogP contribution in [0, 0.1) is 23.0 Å². The first kappa shape index (κ1) is 29.3. The first-order valence-corrected chi connectivity index (χ1v) is 13.7. The van der Waals surface area contributed by atoms with Gasteiger partial charge in [0.25, 0.3) is 0 Å². The van der Waals surface area contributed by atoms with Crippen LogP contribution in [0.2, 0.25) is 0 Å². The highest BCUT2D eigenvalue weighted by molar-refractivity contribution is 5.92. The Balaban J connectivity index is 1.28. The van der Waals surface area contributed by atoms with Crippen LogP contribution in [0.3, 0.4) is 0 Å². The quantitative estimate of drug-likeness (QED) is 0.213. The van der Waals surface area contributed by atoms with E-state index in [1.807, 2.05) is 6.07 Å². The molecule has 0 saturated heterocycles. The van der Waals surface area contributed by atoms with Gasteiger partial charge in [-0.25, -0.2) is 32.9 Å². The molecule has 6 rings (SSSR count). The van der Waals surface area contributed by atoms with Gasteiger partial charge in [-0.3, -0.25) is 0 Å². The molecule has 1 aliphatic carbocycles. The number of hydrogen-bond acceptors (Lipinski definition) is 8. The number of aromatic nitrogens is 5. The predicted octanol–water partition coefficient (Wildman–Crippen LogP) is 5.97. The molecule has 1 N–H and O–H groups in total. The van der Waals surface area contributed by atoms with Crippen molar-refractivity contribution < 1.29 is 32.2 Å². The van der Waals surface area contributed by atoms with Gasteiger partial charge in [0.2, 0.25) is 5.89 Å². The van der Waals surface area contributed by atoms with Crippen molar-refractivity contribution in [2.45, 2.75) is 38.6 Å². The molecule has 0 fully saturated rings. The molecule has 0 radical (unpaired) electrons. The van der Waals surface area contributed by atoms with Crippen molar-refractivity contribution >= 4 is 22.6 Å². The maximum absolute atomic E-state index is 16.2. The minimum atomic E-state index is -1.88. The third kappa shape index (κ3) is 6.03. The number of nitriles is 1. The van der Waals surface area contributed by atoms with Gasteiger partial charge in [0.1, 0.15) is 42.2 Å². The second-order valence-corrected chi connectivity index (χ2v) is 10.6. The summed E-state index contributed by atoms with van der Waals surface area (Å²) in [6.07, 6.45) is 7.67. The SMILES string of the molecule is CC1(F)CC(Cc2nc3c(F)cc(C(=O)O)cc3n2Cc2ncco2)=CC=C1c1ccnc(OCc2ccc(C#N)cc2F)n1. The predicted molar refractivity (Wildman–Crippen MR) is 154 cm³/mol. The molecule has 0 amide bonds. The summed E-state index contributed by atoms with van der Waals surface area (Å²) < 4.78 is 58.0. The molecular formula is C32H23F3N6O4. The highest BCUT2D eigenvalue weighted by Gasteiger charge is 2.34. The average Bonchev–Trinajstić information content (AvgIpc) is 3.65. The number of fused-ring (bicyclic) bond motifs is 1. The normalized spacial score (nSPS) is 16.2. The molecule has 13 heteroatoms. The van der Waals surface area contributed by atoms with E-state index >= 15 is 4.39 Å². The number of allylic oxidation sites excluding steroid dienone is 4. The van der Waals surface area contributed by atoms with E-state index in [1.54, 1.807) is 16.7 Å². The summed E-state index contributed by atoms with van der Waals surface area (Å²) in [7, 11) is 0. The topological polar surface area (TPSA) is 140 Å². The lowest BCUT2D eigenvalue weighted by Gasteiger charge is -2.28. The first-order valence-electron chi connectivity index (χ1n) is 13.7. The number of nitrogens with zero attached hydrogens (tertiary/aromatic N) is 6. The molecular weight excluding hydrogens is 589 g/mol. The molecule has 0 saturated carbocycles. The van der Waals surface area contributed by atoms with Crippen LogP contribution in [0.1, 0.15) is 52.2 Å². The van der Waals surface area contributed by atoms with Gasteiger partial charge in [-0.05, 0) is 37.3 Å². The Kier molecular flexibility index (Phi) is 7.64. The third-order valence-corrected chi connectivity index (χ3v) is 7.35. The van der Waals surface area contributed by atoms with E-state index < -0.39 is 23.3 Å². The Labute approximate surface area is 253 Å².